The van der Waals surface area contributed by atoms with Crippen molar-refractivity contribution in [3.05, 3.63) is 83.0 Å². The molecule has 1 aromatic heterocycles. The minimum atomic E-state index is -4.38. The van der Waals surface area contributed by atoms with E-state index in [9.17, 15) is 28.2 Å². The summed E-state index contributed by atoms with van der Waals surface area (Å²) in [6.45, 7) is 1.10. The zero-order chi connectivity index (χ0) is 23.8. The molecule has 1 aliphatic rings. The highest BCUT2D eigenvalue weighted by Gasteiger charge is 2.30. The van der Waals surface area contributed by atoms with Crippen LogP contribution in [-0.2, 0) is 23.9 Å². The summed E-state index contributed by atoms with van der Waals surface area (Å²) in [5.74, 6) is -0.480. The smallest absolute Gasteiger partial charge is 0.383 e. The van der Waals surface area contributed by atoms with E-state index in [2.05, 4.69) is 4.98 Å². The Labute approximate surface area is 188 Å². The summed E-state index contributed by atoms with van der Waals surface area (Å²) >= 11 is 0. The number of carbonyl (C=O) groups excluding carboxylic acids is 1. The Morgan fingerprint density at radius 3 is 2.39 bits per heavy atom. The highest BCUT2D eigenvalue weighted by molar-refractivity contribution is 5.79. The van der Waals surface area contributed by atoms with Crippen molar-refractivity contribution < 1.29 is 28.2 Å². The van der Waals surface area contributed by atoms with Gasteiger partial charge >= 0.3 is 6.18 Å². The van der Waals surface area contributed by atoms with Gasteiger partial charge in [-0.25, -0.2) is 4.98 Å². The number of aromatic nitrogens is 1. The molecule has 3 aromatic rings. The molecule has 2 heterocycles. The van der Waals surface area contributed by atoms with Gasteiger partial charge in [0.1, 0.15) is 11.9 Å². The van der Waals surface area contributed by atoms with Crippen LogP contribution in [0.5, 0.6) is 0 Å². The van der Waals surface area contributed by atoms with E-state index in [1.807, 2.05) is 23.1 Å². The fourth-order valence-electron chi connectivity index (χ4n) is 4.01. The number of primary amides is 1. The SMILES string of the molecule is NC(=O)[C@H](O)[C@@H](O)c1cccc(N2CCc3c(cccc3-c3ccc(C(F)(F)F)cc3)C2)n1. The number of amides is 1. The molecule has 0 aliphatic carbocycles. The van der Waals surface area contributed by atoms with Gasteiger partial charge in [0.15, 0.2) is 6.10 Å². The summed E-state index contributed by atoms with van der Waals surface area (Å²) in [5, 5.41) is 19.9. The van der Waals surface area contributed by atoms with Crippen LogP contribution in [0.4, 0.5) is 19.0 Å². The first-order valence-electron chi connectivity index (χ1n) is 10.3. The van der Waals surface area contributed by atoms with Gasteiger partial charge in [-0.2, -0.15) is 13.2 Å². The van der Waals surface area contributed by atoms with Gasteiger partial charge < -0.3 is 20.8 Å². The Kier molecular flexibility index (Phi) is 6.09. The molecule has 0 bridgehead atoms. The second-order valence-electron chi connectivity index (χ2n) is 7.90. The number of pyridine rings is 1. The molecule has 4 N–H and O–H groups in total. The second kappa shape index (κ2) is 8.84. The van der Waals surface area contributed by atoms with Crippen molar-refractivity contribution in [1.29, 1.82) is 0 Å². The molecule has 0 unspecified atom stereocenters. The van der Waals surface area contributed by atoms with Crippen LogP contribution in [-0.4, -0.2) is 33.8 Å². The second-order valence-corrected chi connectivity index (χ2v) is 7.90. The Balaban J connectivity index is 1.58. The number of halogens is 3. The average molecular weight is 457 g/mol. The van der Waals surface area contributed by atoms with Crippen LogP contribution in [0.2, 0.25) is 0 Å². The molecule has 0 spiro atoms. The van der Waals surface area contributed by atoms with Crippen LogP contribution >= 0.6 is 0 Å². The predicted molar refractivity (Wildman–Crippen MR) is 116 cm³/mol. The van der Waals surface area contributed by atoms with Crippen LogP contribution in [0.1, 0.15) is 28.5 Å². The number of nitrogens with zero attached hydrogens (tertiary/aromatic N) is 2. The normalized spacial score (nSPS) is 15.6. The number of fused-ring (bicyclic) bond motifs is 1. The van der Waals surface area contributed by atoms with Crippen molar-refractivity contribution >= 4 is 11.7 Å². The van der Waals surface area contributed by atoms with Gasteiger partial charge in [0.05, 0.1) is 11.3 Å². The lowest BCUT2D eigenvalue weighted by Gasteiger charge is -2.31. The van der Waals surface area contributed by atoms with Gasteiger partial charge in [-0.05, 0) is 52.9 Å². The number of aliphatic hydroxyl groups excluding tert-OH is 2. The Bertz CT molecular complexity index is 1170. The first-order valence-corrected chi connectivity index (χ1v) is 10.3. The lowest BCUT2D eigenvalue weighted by Crippen LogP contribution is -2.35. The van der Waals surface area contributed by atoms with Crippen molar-refractivity contribution in [2.75, 3.05) is 11.4 Å². The summed E-state index contributed by atoms with van der Waals surface area (Å²) in [6.07, 6.45) is -7.03. The molecule has 0 fully saturated rings. The van der Waals surface area contributed by atoms with E-state index in [4.69, 9.17) is 5.73 Å². The van der Waals surface area contributed by atoms with E-state index < -0.39 is 29.9 Å². The van der Waals surface area contributed by atoms with Crippen LogP contribution < -0.4 is 10.6 Å². The molecular formula is C24H22F3N3O3. The molecule has 9 heteroatoms. The summed E-state index contributed by atoms with van der Waals surface area (Å²) in [6, 6.07) is 15.8. The number of hydrogen-bond acceptors (Lipinski definition) is 5. The van der Waals surface area contributed by atoms with Gasteiger partial charge in [-0.15, -0.1) is 0 Å². The van der Waals surface area contributed by atoms with Gasteiger partial charge in [-0.1, -0.05) is 36.4 Å². The Morgan fingerprint density at radius 2 is 1.73 bits per heavy atom. The van der Waals surface area contributed by atoms with E-state index in [-0.39, 0.29) is 5.69 Å². The monoisotopic (exact) mass is 457 g/mol. The molecule has 0 saturated carbocycles. The quantitative estimate of drug-likeness (QED) is 0.547. The highest BCUT2D eigenvalue weighted by Crippen LogP contribution is 2.34. The Morgan fingerprint density at radius 1 is 1.03 bits per heavy atom. The minimum absolute atomic E-state index is 0.128. The zero-order valence-corrected chi connectivity index (χ0v) is 17.5. The van der Waals surface area contributed by atoms with Gasteiger partial charge in [-0.3, -0.25) is 4.79 Å². The van der Waals surface area contributed by atoms with Crippen molar-refractivity contribution in [3.63, 3.8) is 0 Å². The number of anilines is 1. The van der Waals surface area contributed by atoms with E-state index >= 15 is 0 Å². The summed E-state index contributed by atoms with van der Waals surface area (Å²) in [7, 11) is 0. The fraction of sp³-hybridized carbons (Fsp3) is 0.250. The number of benzene rings is 2. The molecule has 33 heavy (non-hydrogen) atoms. The molecule has 0 radical (unpaired) electrons. The molecule has 1 aliphatic heterocycles. The number of aliphatic hydroxyl groups is 2. The van der Waals surface area contributed by atoms with Crippen LogP contribution in [0.25, 0.3) is 11.1 Å². The van der Waals surface area contributed by atoms with Gasteiger partial charge in [0, 0.05) is 13.1 Å². The largest absolute Gasteiger partial charge is 0.416 e. The first-order chi connectivity index (χ1) is 15.6. The lowest BCUT2D eigenvalue weighted by atomic mass is 9.90. The van der Waals surface area contributed by atoms with Crippen molar-refractivity contribution in [1.82, 2.24) is 4.98 Å². The van der Waals surface area contributed by atoms with Gasteiger partial charge in [0.25, 0.3) is 0 Å². The fourth-order valence-corrected chi connectivity index (χ4v) is 4.01. The van der Waals surface area contributed by atoms with Crippen molar-refractivity contribution in [2.45, 2.75) is 31.3 Å². The first kappa shape index (κ1) is 22.8. The van der Waals surface area contributed by atoms with Crippen LogP contribution in [0.15, 0.2) is 60.7 Å². The lowest BCUT2D eigenvalue weighted by molar-refractivity contribution is -0.137. The zero-order valence-electron chi connectivity index (χ0n) is 17.5. The van der Waals surface area contributed by atoms with Crippen molar-refractivity contribution in [2.24, 2.45) is 5.73 Å². The van der Waals surface area contributed by atoms with Crippen LogP contribution in [0.3, 0.4) is 0 Å². The Hall–Kier alpha value is -3.43. The predicted octanol–water partition coefficient (Wildman–Crippen LogP) is 3.21. The molecule has 172 valence electrons. The number of rotatable bonds is 5. The number of alkyl halides is 3. The van der Waals surface area contributed by atoms with E-state index in [0.717, 1.165) is 34.4 Å². The van der Waals surface area contributed by atoms with Gasteiger partial charge in [0.2, 0.25) is 5.91 Å². The number of nitrogens with two attached hydrogens (primary N) is 1. The number of hydrogen-bond donors (Lipinski definition) is 3. The molecule has 2 atom stereocenters. The summed E-state index contributed by atoms with van der Waals surface area (Å²) in [5.41, 5.74) is 8.19. The topological polar surface area (TPSA) is 99.7 Å². The van der Waals surface area contributed by atoms with E-state index in [1.165, 1.54) is 18.2 Å². The van der Waals surface area contributed by atoms with E-state index in [0.29, 0.717) is 25.3 Å². The molecule has 6 nitrogen and oxygen atoms in total. The molecule has 1 amide bonds. The highest BCUT2D eigenvalue weighted by atomic mass is 19.4. The molecule has 2 aromatic carbocycles. The molecular weight excluding hydrogens is 435 g/mol. The standard InChI is InChI=1S/C24H22F3N3O3/c25-24(26,27)16-9-7-14(8-10-16)17-4-1-3-15-13-30(12-11-18(15)17)20-6-2-5-19(29-20)21(31)22(32)23(28)33/h1-10,21-22,31-32H,11-13H2,(H2,28,33)/t21-,22+/m0/s1. The summed E-state index contributed by atoms with van der Waals surface area (Å²) in [4.78, 5) is 17.6. The van der Waals surface area contributed by atoms with Crippen molar-refractivity contribution in [3.8, 4) is 11.1 Å². The number of carbonyl (C=O) groups is 1. The third-order valence-electron chi connectivity index (χ3n) is 5.76. The molecule has 4 rings (SSSR count). The maximum absolute atomic E-state index is 12.9. The van der Waals surface area contributed by atoms with Crippen LogP contribution in [0, 0.1) is 0 Å². The maximum atomic E-state index is 12.9. The maximum Gasteiger partial charge on any atom is 0.416 e. The molecule has 0 saturated heterocycles. The average Bonchev–Trinajstić information content (AvgIpc) is 2.82. The van der Waals surface area contributed by atoms with E-state index in [1.54, 1.807) is 12.1 Å². The third kappa shape index (κ3) is 4.69. The summed E-state index contributed by atoms with van der Waals surface area (Å²) < 4.78 is 38.7. The minimum Gasteiger partial charge on any atom is -0.383 e. The third-order valence-corrected chi connectivity index (χ3v) is 5.76.